The minimum absolute atomic E-state index is 0.0886. The van der Waals surface area contributed by atoms with Gasteiger partial charge < -0.3 is 0 Å². The summed E-state index contributed by atoms with van der Waals surface area (Å²) in [5, 5.41) is 3.06. The summed E-state index contributed by atoms with van der Waals surface area (Å²) in [6, 6.07) is 0.405. The summed E-state index contributed by atoms with van der Waals surface area (Å²) in [6.07, 6.45) is -4.88. The van der Waals surface area contributed by atoms with Crippen LogP contribution < -0.4 is 5.01 Å². The van der Waals surface area contributed by atoms with Crippen LogP contribution in [-0.2, 0) is 4.79 Å². The molecule has 20 heavy (non-hydrogen) atoms. The van der Waals surface area contributed by atoms with Crippen LogP contribution in [0.15, 0.2) is 17.2 Å². The lowest BCUT2D eigenvalue weighted by atomic mass is 10.1. The maximum atomic E-state index is 13.5. The summed E-state index contributed by atoms with van der Waals surface area (Å²) in [5.74, 6) is -7.25. The van der Waals surface area contributed by atoms with Gasteiger partial charge in [0.2, 0.25) is 0 Å². The summed E-state index contributed by atoms with van der Waals surface area (Å²) < 4.78 is 77.0. The van der Waals surface area contributed by atoms with Gasteiger partial charge in [0.25, 0.3) is 5.91 Å². The monoisotopic (exact) mass is 296 g/mol. The quantitative estimate of drug-likeness (QED) is 0.579. The van der Waals surface area contributed by atoms with Crippen molar-refractivity contribution in [3.05, 3.63) is 29.6 Å². The molecule has 1 aromatic carbocycles. The average Bonchev–Trinajstić information content (AvgIpc) is 2.61. The molecule has 108 valence electrons. The first-order valence-electron chi connectivity index (χ1n) is 5.27. The van der Waals surface area contributed by atoms with E-state index in [9.17, 15) is 31.1 Å². The molecule has 0 saturated heterocycles. The van der Waals surface area contributed by atoms with Crippen molar-refractivity contribution >= 4 is 17.3 Å². The van der Waals surface area contributed by atoms with Gasteiger partial charge >= 0.3 is 6.18 Å². The van der Waals surface area contributed by atoms with Crippen molar-refractivity contribution in [1.82, 2.24) is 0 Å². The van der Waals surface area contributed by atoms with Crippen LogP contribution in [0.3, 0.4) is 0 Å². The minimum Gasteiger partial charge on any atom is -0.272 e. The highest BCUT2D eigenvalue weighted by molar-refractivity contribution is 6.17. The van der Waals surface area contributed by atoms with Crippen LogP contribution in [0.4, 0.5) is 32.0 Å². The third-order valence-corrected chi connectivity index (χ3v) is 2.71. The van der Waals surface area contributed by atoms with Crippen molar-refractivity contribution in [3.8, 4) is 0 Å². The normalized spacial score (nSPS) is 19.6. The van der Waals surface area contributed by atoms with Crippen molar-refractivity contribution in [1.29, 1.82) is 0 Å². The second-order valence-corrected chi connectivity index (χ2v) is 4.07. The molecule has 0 bridgehead atoms. The lowest BCUT2D eigenvalue weighted by Gasteiger charge is -2.13. The number of hydrazone groups is 1. The Balaban J connectivity index is 2.51. The number of hydrogen-bond donors (Lipinski definition) is 0. The van der Waals surface area contributed by atoms with Crippen molar-refractivity contribution in [2.45, 2.75) is 13.1 Å². The highest BCUT2D eigenvalue weighted by Gasteiger charge is 2.48. The van der Waals surface area contributed by atoms with E-state index in [1.807, 2.05) is 0 Å². The number of nitrogens with zero attached hydrogens (tertiary/aromatic N) is 2. The third-order valence-electron chi connectivity index (χ3n) is 2.71. The smallest absolute Gasteiger partial charge is 0.272 e. The lowest BCUT2D eigenvalue weighted by Crippen LogP contribution is -2.31. The van der Waals surface area contributed by atoms with Crippen LogP contribution in [0.2, 0.25) is 0 Å². The Kier molecular flexibility index (Phi) is 3.23. The minimum atomic E-state index is -4.88. The third kappa shape index (κ3) is 2.23. The predicted molar refractivity (Wildman–Crippen MR) is 56.5 cm³/mol. The lowest BCUT2D eigenvalue weighted by molar-refractivity contribution is -0.120. The predicted octanol–water partition coefficient (Wildman–Crippen LogP) is 3.00. The van der Waals surface area contributed by atoms with Gasteiger partial charge in [-0.25, -0.2) is 13.2 Å². The number of carbonyl (C=O) groups is 1. The van der Waals surface area contributed by atoms with Gasteiger partial charge in [0, 0.05) is 12.1 Å². The number of benzene rings is 1. The molecule has 0 aliphatic carbocycles. The van der Waals surface area contributed by atoms with Crippen LogP contribution in [0.25, 0.3) is 0 Å². The van der Waals surface area contributed by atoms with E-state index >= 15 is 0 Å². The number of halogens is 6. The zero-order valence-corrected chi connectivity index (χ0v) is 9.80. The molecule has 0 spiro atoms. The summed E-state index contributed by atoms with van der Waals surface area (Å²) >= 11 is 0. The van der Waals surface area contributed by atoms with Gasteiger partial charge in [0.15, 0.2) is 23.2 Å². The summed E-state index contributed by atoms with van der Waals surface area (Å²) in [4.78, 5) is 11.6. The molecule has 0 fully saturated rings. The zero-order valence-electron chi connectivity index (χ0n) is 9.80. The van der Waals surface area contributed by atoms with E-state index < -0.39 is 46.9 Å². The van der Waals surface area contributed by atoms with Crippen LogP contribution >= 0.6 is 0 Å². The summed E-state index contributed by atoms with van der Waals surface area (Å²) in [6.45, 7) is 0.937. The second kappa shape index (κ2) is 4.50. The molecule has 2 rings (SSSR count). The molecule has 1 heterocycles. The maximum Gasteiger partial charge on any atom is 0.432 e. The molecule has 0 N–H and O–H groups in total. The van der Waals surface area contributed by atoms with Crippen molar-refractivity contribution in [2.24, 2.45) is 11.0 Å². The Morgan fingerprint density at radius 2 is 1.65 bits per heavy atom. The molecular formula is C11H6F6N2O. The first-order chi connectivity index (χ1) is 9.12. The SMILES string of the molecule is CC1C(=O)N(c2cc(F)c(F)cc2F)N=C1C(F)(F)F. The van der Waals surface area contributed by atoms with Gasteiger partial charge in [0.1, 0.15) is 5.69 Å². The first kappa shape index (κ1) is 14.4. The Morgan fingerprint density at radius 3 is 2.15 bits per heavy atom. The highest BCUT2D eigenvalue weighted by Crippen LogP contribution is 2.33. The number of hydrogen-bond acceptors (Lipinski definition) is 2. The standard InChI is InChI=1S/C11H6F6N2O/c1-4-9(11(15,16)17)18-19(10(4)20)8-3-6(13)5(12)2-7(8)14/h2-4H,1H3. The van der Waals surface area contributed by atoms with E-state index in [2.05, 4.69) is 5.10 Å². The molecule has 3 nitrogen and oxygen atoms in total. The van der Waals surface area contributed by atoms with Crippen LogP contribution in [0, 0.1) is 23.4 Å². The first-order valence-corrected chi connectivity index (χ1v) is 5.27. The Hall–Kier alpha value is -2.06. The number of rotatable bonds is 1. The topological polar surface area (TPSA) is 32.7 Å². The van der Waals surface area contributed by atoms with Crippen LogP contribution in [0.5, 0.6) is 0 Å². The van der Waals surface area contributed by atoms with Gasteiger partial charge in [-0.05, 0) is 6.92 Å². The van der Waals surface area contributed by atoms with Gasteiger partial charge in [-0.2, -0.15) is 23.3 Å². The Morgan fingerprint density at radius 1 is 1.10 bits per heavy atom. The van der Waals surface area contributed by atoms with Crippen molar-refractivity contribution in [3.63, 3.8) is 0 Å². The molecule has 1 unspecified atom stereocenters. The molecule has 0 aromatic heterocycles. The Labute approximate surface area is 108 Å². The number of carbonyl (C=O) groups excluding carboxylic acids is 1. The zero-order chi connectivity index (χ0) is 15.2. The van der Waals surface area contributed by atoms with Crippen molar-refractivity contribution < 1.29 is 31.1 Å². The largest absolute Gasteiger partial charge is 0.432 e. The fraction of sp³-hybridized carbons (Fsp3) is 0.273. The fourth-order valence-electron chi connectivity index (χ4n) is 1.69. The maximum absolute atomic E-state index is 13.5. The molecule has 0 radical (unpaired) electrons. The van der Waals surface area contributed by atoms with E-state index in [1.165, 1.54) is 0 Å². The van der Waals surface area contributed by atoms with E-state index in [-0.39, 0.29) is 17.1 Å². The molecule has 1 aromatic rings. The molecular weight excluding hydrogens is 290 g/mol. The summed E-state index contributed by atoms with van der Waals surface area (Å²) in [7, 11) is 0. The van der Waals surface area contributed by atoms with Crippen LogP contribution in [0.1, 0.15) is 6.92 Å². The van der Waals surface area contributed by atoms with E-state index in [0.717, 1.165) is 6.92 Å². The molecule has 9 heteroatoms. The average molecular weight is 296 g/mol. The number of anilines is 1. The van der Waals surface area contributed by atoms with Crippen molar-refractivity contribution in [2.75, 3.05) is 5.01 Å². The number of alkyl halides is 3. The second-order valence-electron chi connectivity index (χ2n) is 4.07. The van der Waals surface area contributed by atoms with E-state index in [4.69, 9.17) is 0 Å². The van der Waals surface area contributed by atoms with E-state index in [0.29, 0.717) is 0 Å². The Bertz CT molecular complexity index is 610. The molecule has 1 aliphatic rings. The van der Waals surface area contributed by atoms with Gasteiger partial charge in [-0.3, -0.25) is 4.79 Å². The van der Waals surface area contributed by atoms with Gasteiger partial charge in [0.05, 0.1) is 5.92 Å². The summed E-state index contributed by atoms with van der Waals surface area (Å²) in [5.41, 5.74) is -2.30. The molecule has 1 amide bonds. The molecule has 1 aliphatic heterocycles. The van der Waals surface area contributed by atoms with Gasteiger partial charge in [-0.1, -0.05) is 0 Å². The molecule has 0 saturated carbocycles. The fourth-order valence-corrected chi connectivity index (χ4v) is 1.69. The number of amides is 1. The molecule has 1 atom stereocenters. The van der Waals surface area contributed by atoms with Gasteiger partial charge in [-0.15, -0.1) is 0 Å². The highest BCUT2D eigenvalue weighted by atomic mass is 19.4. The van der Waals surface area contributed by atoms with E-state index in [1.54, 1.807) is 0 Å². The van der Waals surface area contributed by atoms with Crippen LogP contribution in [-0.4, -0.2) is 17.8 Å².